The molecule has 0 aliphatic carbocycles. The molecule has 2 aromatic heterocycles. The zero-order chi connectivity index (χ0) is 41.7. The minimum atomic E-state index is -1.96. The van der Waals surface area contributed by atoms with Gasteiger partial charge in [0, 0.05) is 22.3 Å². The van der Waals surface area contributed by atoms with Crippen molar-refractivity contribution in [3.63, 3.8) is 0 Å². The summed E-state index contributed by atoms with van der Waals surface area (Å²) in [5, 5.41) is 0. The molecular weight excluding hydrogens is 769 g/mol. The van der Waals surface area contributed by atoms with Crippen LogP contribution in [0.15, 0.2) is 77.5 Å². The predicted molar refractivity (Wildman–Crippen MR) is 223 cm³/mol. The summed E-state index contributed by atoms with van der Waals surface area (Å²) in [6, 6.07) is 13.6. The fourth-order valence-corrected chi connectivity index (χ4v) is 9.39. The standard InChI is InChI=1S/C40H56N4O9SSi2/c1-25-33(43(37(47)41-35(25)45)23-50-21-31(39(3,4)5)52-55(9)10)27-17-13-15-19-29(27)54(49)30-20-16-14-18-28(30)34-26(2)36(46)42-38(48)44(34)24-51-22-32(40(6,7)8)53-56(11)12/h13-20,31-32H,21-24H2,1-12H3,(H,41,45,47)(H,42,46,48). The van der Waals surface area contributed by atoms with E-state index in [9.17, 15) is 23.4 Å². The molecule has 0 fully saturated rings. The lowest BCUT2D eigenvalue weighted by atomic mass is 9.90. The van der Waals surface area contributed by atoms with Gasteiger partial charge in [0.1, 0.15) is 13.5 Å². The number of hydrogen-bond acceptors (Lipinski definition) is 9. The van der Waals surface area contributed by atoms with Gasteiger partial charge in [-0.05, 0) is 63.0 Å². The van der Waals surface area contributed by atoms with Gasteiger partial charge in [-0.2, -0.15) is 0 Å². The number of hydrogen-bond donors (Lipinski definition) is 2. The van der Waals surface area contributed by atoms with Crippen molar-refractivity contribution in [3.8, 4) is 22.5 Å². The number of aromatic nitrogens is 4. The highest BCUT2D eigenvalue weighted by molar-refractivity contribution is 7.85. The summed E-state index contributed by atoms with van der Waals surface area (Å²) in [5.74, 6) is 0. The van der Waals surface area contributed by atoms with Crippen molar-refractivity contribution in [3.05, 3.63) is 101 Å². The zero-order valence-corrected chi connectivity index (χ0v) is 37.4. The van der Waals surface area contributed by atoms with Gasteiger partial charge in [0.15, 0.2) is 0 Å². The normalized spacial score (nSPS) is 14.0. The van der Waals surface area contributed by atoms with Gasteiger partial charge in [0.2, 0.25) is 18.1 Å². The Hall–Kier alpha value is -3.78. The lowest BCUT2D eigenvalue weighted by molar-refractivity contribution is -0.0289. The van der Waals surface area contributed by atoms with E-state index in [1.807, 2.05) is 26.2 Å². The number of rotatable bonds is 16. The number of benzene rings is 2. The van der Waals surface area contributed by atoms with Crippen LogP contribution in [0.5, 0.6) is 0 Å². The van der Waals surface area contributed by atoms with Crippen LogP contribution in [0.25, 0.3) is 22.5 Å². The predicted octanol–water partition coefficient (Wildman–Crippen LogP) is 5.82. The number of aromatic amines is 2. The van der Waals surface area contributed by atoms with Crippen LogP contribution in [0.1, 0.15) is 52.7 Å². The SMILES string of the molecule is Cc1c(-c2ccccc2S(=O)c2ccccc2-c2c(C)c(=O)[nH]c(=O)n2COCC(O[Si](C)C)C(C)(C)C)n(COCC(O[Si](C)C)C(C)(C)C)c(=O)[nH]c1=O. The van der Waals surface area contributed by atoms with E-state index >= 15 is 0 Å². The number of H-pyrrole nitrogens is 2. The molecule has 16 heteroatoms. The van der Waals surface area contributed by atoms with Gasteiger partial charge >= 0.3 is 11.4 Å². The second-order valence-electron chi connectivity index (χ2n) is 16.3. The van der Waals surface area contributed by atoms with Crippen LogP contribution >= 0.6 is 0 Å². The Morgan fingerprint density at radius 3 is 1.29 bits per heavy atom. The monoisotopic (exact) mass is 824 g/mol. The molecule has 4 rings (SSSR count). The molecule has 13 nitrogen and oxygen atoms in total. The van der Waals surface area contributed by atoms with E-state index in [1.165, 1.54) is 9.13 Å². The maximum absolute atomic E-state index is 14.9. The molecule has 0 aliphatic heterocycles. The molecule has 2 aromatic carbocycles. The summed E-state index contributed by atoms with van der Waals surface area (Å²) in [6.45, 7) is 23.7. The van der Waals surface area contributed by atoms with E-state index in [4.69, 9.17) is 18.3 Å². The third-order valence-corrected chi connectivity index (χ3v) is 12.2. The van der Waals surface area contributed by atoms with Gasteiger partial charge in [-0.25, -0.2) is 13.8 Å². The molecule has 2 radical (unpaired) electrons. The van der Waals surface area contributed by atoms with Crippen LogP contribution in [0, 0.1) is 24.7 Å². The van der Waals surface area contributed by atoms with Crippen molar-refractivity contribution >= 4 is 28.9 Å². The molecule has 304 valence electrons. The summed E-state index contributed by atoms with van der Waals surface area (Å²) in [4.78, 5) is 58.5. The second kappa shape index (κ2) is 18.7. The molecule has 0 bridgehead atoms. The molecule has 2 unspecified atom stereocenters. The van der Waals surface area contributed by atoms with Crippen LogP contribution < -0.4 is 22.5 Å². The average Bonchev–Trinajstić information content (AvgIpc) is 3.10. The number of nitrogens with zero attached hydrogens (tertiary/aromatic N) is 2. The van der Waals surface area contributed by atoms with Crippen molar-refractivity contribution in [2.24, 2.45) is 10.8 Å². The molecule has 2 atom stereocenters. The van der Waals surface area contributed by atoms with E-state index in [1.54, 1.807) is 62.4 Å². The summed E-state index contributed by atoms with van der Waals surface area (Å²) >= 11 is 0. The van der Waals surface area contributed by atoms with E-state index in [0.717, 1.165) is 0 Å². The molecule has 0 amide bonds. The fourth-order valence-electron chi connectivity index (χ4n) is 6.04. The molecule has 0 spiro atoms. The van der Waals surface area contributed by atoms with Crippen LogP contribution in [0.4, 0.5) is 0 Å². The summed E-state index contributed by atoms with van der Waals surface area (Å²) < 4.78 is 42.2. The molecule has 56 heavy (non-hydrogen) atoms. The Labute approximate surface area is 334 Å². The Morgan fingerprint density at radius 1 is 0.625 bits per heavy atom. The van der Waals surface area contributed by atoms with E-state index in [0.29, 0.717) is 20.9 Å². The third kappa shape index (κ3) is 10.8. The summed E-state index contributed by atoms with van der Waals surface area (Å²) in [6.07, 6.45) is -0.478. The maximum atomic E-state index is 14.9. The molecule has 4 aromatic rings. The highest BCUT2D eigenvalue weighted by Gasteiger charge is 2.29. The smallest absolute Gasteiger partial charge is 0.330 e. The van der Waals surface area contributed by atoms with E-state index < -0.39 is 51.4 Å². The highest BCUT2D eigenvalue weighted by atomic mass is 32.2. The lowest BCUT2D eigenvalue weighted by Gasteiger charge is -2.32. The van der Waals surface area contributed by atoms with Gasteiger partial charge in [-0.15, -0.1) is 0 Å². The Kier molecular flexibility index (Phi) is 15.0. The number of nitrogens with one attached hydrogen (secondary N) is 2. The van der Waals surface area contributed by atoms with Gasteiger partial charge in [0.05, 0.1) is 57.4 Å². The molecule has 0 saturated heterocycles. The molecule has 0 aliphatic rings. The topological polar surface area (TPSA) is 164 Å². The minimum absolute atomic E-state index is 0.201. The van der Waals surface area contributed by atoms with E-state index in [-0.39, 0.29) is 72.2 Å². The molecule has 2 heterocycles. The Bertz CT molecular complexity index is 2110. The Balaban J connectivity index is 1.81. The maximum Gasteiger partial charge on any atom is 0.330 e. The van der Waals surface area contributed by atoms with E-state index in [2.05, 4.69) is 51.5 Å². The lowest BCUT2D eigenvalue weighted by Crippen LogP contribution is -2.38. The van der Waals surface area contributed by atoms with Gasteiger partial charge in [-0.1, -0.05) is 77.9 Å². The van der Waals surface area contributed by atoms with Crippen LogP contribution in [0.2, 0.25) is 26.2 Å². The first-order chi connectivity index (χ1) is 26.1. The van der Waals surface area contributed by atoms with Gasteiger partial charge in [0.25, 0.3) is 11.1 Å². The first-order valence-corrected chi connectivity index (χ1v) is 24.5. The average molecular weight is 825 g/mol. The summed E-state index contributed by atoms with van der Waals surface area (Å²) in [7, 11) is -4.07. The van der Waals surface area contributed by atoms with Crippen molar-refractivity contribution in [1.82, 2.24) is 19.1 Å². The largest absolute Gasteiger partial charge is 0.411 e. The highest BCUT2D eigenvalue weighted by Crippen LogP contribution is 2.35. The first-order valence-electron chi connectivity index (χ1n) is 18.5. The second-order valence-corrected chi connectivity index (χ2v) is 21.9. The molecular formula is C40H56N4O9SSi2. The van der Waals surface area contributed by atoms with Gasteiger partial charge < -0.3 is 18.3 Å². The molecule has 0 saturated carbocycles. The van der Waals surface area contributed by atoms with Crippen molar-refractivity contribution < 1.29 is 22.5 Å². The zero-order valence-electron chi connectivity index (χ0n) is 34.6. The van der Waals surface area contributed by atoms with Crippen molar-refractivity contribution in [1.29, 1.82) is 0 Å². The van der Waals surface area contributed by atoms with Crippen LogP contribution in [-0.4, -0.2) is 66.8 Å². The fraction of sp³-hybridized carbons (Fsp3) is 0.500. The van der Waals surface area contributed by atoms with Crippen LogP contribution in [0.3, 0.4) is 0 Å². The van der Waals surface area contributed by atoms with Crippen LogP contribution in [-0.2, 0) is 42.6 Å². The molecule has 2 N–H and O–H groups in total. The third-order valence-electron chi connectivity index (χ3n) is 9.21. The first kappa shape index (κ1) is 44.9. The minimum Gasteiger partial charge on any atom is -0.411 e. The van der Waals surface area contributed by atoms with Crippen molar-refractivity contribution in [2.75, 3.05) is 13.2 Å². The quantitative estimate of drug-likeness (QED) is 0.133. The number of ether oxygens (including phenoxy) is 2. The van der Waals surface area contributed by atoms with Gasteiger partial charge in [-0.3, -0.25) is 28.7 Å². The summed E-state index contributed by atoms with van der Waals surface area (Å²) in [5.41, 5.74) is -1.27. The van der Waals surface area contributed by atoms with Crippen molar-refractivity contribution in [2.45, 2.75) is 117 Å². The Morgan fingerprint density at radius 2 is 0.964 bits per heavy atom.